The second-order valence-corrected chi connectivity index (χ2v) is 7.57. The van der Waals surface area contributed by atoms with E-state index < -0.39 is 5.97 Å². The highest BCUT2D eigenvalue weighted by Gasteiger charge is 2.21. The Bertz CT molecular complexity index is 1380. The molecule has 0 fully saturated rings. The van der Waals surface area contributed by atoms with Crippen molar-refractivity contribution in [2.24, 2.45) is 0 Å². The van der Waals surface area contributed by atoms with E-state index in [9.17, 15) is 4.79 Å². The third-order valence-electron chi connectivity index (χ3n) is 5.04. The Morgan fingerprint density at radius 2 is 1.84 bits per heavy atom. The van der Waals surface area contributed by atoms with Gasteiger partial charge in [-0.1, -0.05) is 36.4 Å². The van der Waals surface area contributed by atoms with Gasteiger partial charge in [0.25, 0.3) is 0 Å². The van der Waals surface area contributed by atoms with Gasteiger partial charge in [-0.25, -0.2) is 4.79 Å². The van der Waals surface area contributed by atoms with Gasteiger partial charge in [0.15, 0.2) is 0 Å². The van der Waals surface area contributed by atoms with Crippen LogP contribution < -0.4 is 4.74 Å². The summed E-state index contributed by atoms with van der Waals surface area (Å²) >= 11 is 1.17. The predicted octanol–water partition coefficient (Wildman–Crippen LogP) is 5.60. The number of rotatable bonds is 6. The van der Waals surface area contributed by atoms with Crippen LogP contribution in [0.25, 0.3) is 33.1 Å². The van der Waals surface area contributed by atoms with Gasteiger partial charge >= 0.3 is 5.97 Å². The van der Waals surface area contributed by atoms with Crippen LogP contribution in [0.2, 0.25) is 0 Å². The fourth-order valence-electron chi connectivity index (χ4n) is 3.60. The molecule has 6 nitrogen and oxygen atoms in total. The number of carbonyl (C=O) groups excluding carboxylic acids is 1. The minimum atomic E-state index is -0.392. The van der Waals surface area contributed by atoms with Crippen molar-refractivity contribution in [2.75, 3.05) is 6.61 Å². The molecule has 0 spiro atoms. The summed E-state index contributed by atoms with van der Waals surface area (Å²) in [6.45, 7) is 2.56. The van der Waals surface area contributed by atoms with E-state index in [1.807, 2.05) is 66.7 Å². The molecule has 154 valence electrons. The summed E-state index contributed by atoms with van der Waals surface area (Å²) in [5, 5.41) is 0.914. The summed E-state index contributed by atoms with van der Waals surface area (Å²) in [5.41, 5.74) is 5.62. The fraction of sp³-hybridized carbons (Fsp3) is 0.125. The summed E-state index contributed by atoms with van der Waals surface area (Å²) in [7, 11) is 0. The van der Waals surface area contributed by atoms with Crippen molar-refractivity contribution in [1.82, 2.24) is 13.7 Å². The number of hydrogen-bond donors (Lipinski definition) is 1. The lowest BCUT2D eigenvalue weighted by atomic mass is 10.0. The Morgan fingerprint density at radius 3 is 2.68 bits per heavy atom. The summed E-state index contributed by atoms with van der Waals surface area (Å²) in [6, 6.07) is 21.6. The molecule has 5 rings (SSSR count). The first-order chi connectivity index (χ1) is 15.2. The van der Waals surface area contributed by atoms with Crippen molar-refractivity contribution < 1.29 is 14.3 Å². The molecule has 2 heterocycles. The van der Waals surface area contributed by atoms with Crippen LogP contribution >= 0.6 is 11.7 Å². The van der Waals surface area contributed by atoms with Gasteiger partial charge in [-0.2, -0.15) is 8.75 Å². The number of benzene rings is 3. The average molecular weight is 430 g/mol. The van der Waals surface area contributed by atoms with Gasteiger partial charge in [0.1, 0.15) is 29.1 Å². The topological polar surface area (TPSA) is 77.1 Å². The highest BCUT2D eigenvalue weighted by molar-refractivity contribution is 7.00. The predicted molar refractivity (Wildman–Crippen MR) is 121 cm³/mol. The van der Waals surface area contributed by atoms with Crippen LogP contribution in [-0.2, 0) is 11.3 Å². The number of nitrogens with zero attached hydrogens (tertiary/aromatic N) is 2. The van der Waals surface area contributed by atoms with Crippen molar-refractivity contribution in [2.45, 2.75) is 13.5 Å². The highest BCUT2D eigenvalue weighted by atomic mass is 32.1. The van der Waals surface area contributed by atoms with E-state index in [2.05, 4.69) is 13.7 Å². The molecular weight excluding hydrogens is 410 g/mol. The van der Waals surface area contributed by atoms with Crippen LogP contribution in [0.15, 0.2) is 66.7 Å². The molecule has 0 atom stereocenters. The summed E-state index contributed by atoms with van der Waals surface area (Å²) in [5.74, 6) is 0.329. The van der Waals surface area contributed by atoms with E-state index in [1.165, 1.54) is 11.7 Å². The molecule has 5 aromatic rings. The molecule has 1 N–H and O–H groups in total. The Kier molecular flexibility index (Phi) is 5.09. The summed E-state index contributed by atoms with van der Waals surface area (Å²) in [4.78, 5) is 15.9. The molecule has 0 amide bonds. The van der Waals surface area contributed by atoms with Crippen LogP contribution in [0.5, 0.6) is 5.75 Å². The van der Waals surface area contributed by atoms with Crippen molar-refractivity contribution in [3.8, 4) is 16.9 Å². The smallest absolute Gasteiger partial charge is 0.355 e. The molecule has 0 bridgehead atoms. The molecule has 31 heavy (non-hydrogen) atoms. The minimum absolute atomic E-state index is 0.300. The van der Waals surface area contributed by atoms with Crippen molar-refractivity contribution in [1.29, 1.82) is 0 Å². The quantitative estimate of drug-likeness (QED) is 0.356. The highest BCUT2D eigenvalue weighted by Crippen LogP contribution is 2.36. The van der Waals surface area contributed by atoms with E-state index in [0.29, 0.717) is 18.9 Å². The number of nitrogens with one attached hydrogen (secondary N) is 1. The van der Waals surface area contributed by atoms with Gasteiger partial charge in [0.2, 0.25) is 0 Å². The first-order valence-corrected chi connectivity index (χ1v) is 10.7. The maximum atomic E-state index is 12.7. The number of carbonyl (C=O) groups is 1. The Balaban J connectivity index is 1.57. The van der Waals surface area contributed by atoms with Crippen LogP contribution in [0.4, 0.5) is 0 Å². The monoisotopic (exact) mass is 429 g/mol. The Morgan fingerprint density at radius 1 is 1.00 bits per heavy atom. The van der Waals surface area contributed by atoms with Crippen molar-refractivity contribution in [3.05, 3.63) is 78.0 Å². The summed E-state index contributed by atoms with van der Waals surface area (Å²) in [6.07, 6.45) is 0. The van der Waals surface area contributed by atoms with E-state index in [1.54, 1.807) is 6.92 Å². The molecule has 0 unspecified atom stereocenters. The maximum absolute atomic E-state index is 12.7. The second kappa shape index (κ2) is 8.20. The number of ether oxygens (including phenoxy) is 2. The van der Waals surface area contributed by atoms with Crippen LogP contribution in [0.3, 0.4) is 0 Å². The second-order valence-electron chi connectivity index (χ2n) is 7.04. The van der Waals surface area contributed by atoms with Crippen LogP contribution in [0, 0.1) is 0 Å². The number of aromatic nitrogens is 3. The number of fused-ring (bicyclic) bond motifs is 2. The minimum Gasteiger partial charge on any atom is -0.489 e. The van der Waals surface area contributed by atoms with E-state index in [4.69, 9.17) is 9.47 Å². The molecule has 0 saturated carbocycles. The average Bonchev–Trinajstić information content (AvgIpc) is 3.42. The van der Waals surface area contributed by atoms with E-state index in [0.717, 1.165) is 44.4 Å². The molecule has 3 aromatic carbocycles. The molecule has 0 aliphatic heterocycles. The lowest BCUT2D eigenvalue weighted by Gasteiger charge is -2.07. The fourth-order valence-corrected chi connectivity index (χ4v) is 4.12. The number of esters is 1. The molecule has 0 radical (unpaired) electrons. The molecule has 0 aliphatic carbocycles. The van der Waals surface area contributed by atoms with Gasteiger partial charge in [0, 0.05) is 17.0 Å². The SMILES string of the molecule is CCOC(=O)c1[nH]c2cc(OCc3ccccc3)ccc2c1-c1ccc2nsnc2c1. The first-order valence-electron chi connectivity index (χ1n) is 9.95. The Hall–Kier alpha value is -3.71. The van der Waals surface area contributed by atoms with Gasteiger partial charge in [-0.3, -0.25) is 0 Å². The van der Waals surface area contributed by atoms with Gasteiger partial charge in [-0.15, -0.1) is 0 Å². The molecule has 0 aliphatic rings. The summed E-state index contributed by atoms with van der Waals surface area (Å²) < 4.78 is 19.9. The third kappa shape index (κ3) is 3.75. The zero-order valence-corrected chi connectivity index (χ0v) is 17.6. The zero-order valence-electron chi connectivity index (χ0n) is 16.8. The number of H-pyrrole nitrogens is 1. The lowest BCUT2D eigenvalue weighted by molar-refractivity contribution is 0.0521. The number of aromatic amines is 1. The van der Waals surface area contributed by atoms with Gasteiger partial charge in [-0.05, 0) is 42.3 Å². The van der Waals surface area contributed by atoms with Crippen molar-refractivity contribution >= 4 is 39.6 Å². The standard InChI is InChI=1S/C24H19N3O3S/c1-2-29-24(28)23-22(16-8-11-19-21(12-16)27-31-26-19)18-10-9-17(13-20(18)25-23)30-14-15-6-4-3-5-7-15/h3-13,25H,2,14H2,1H3. The lowest BCUT2D eigenvalue weighted by Crippen LogP contribution is -2.06. The maximum Gasteiger partial charge on any atom is 0.355 e. The molecule has 2 aromatic heterocycles. The molecular formula is C24H19N3O3S. The molecule has 7 heteroatoms. The zero-order chi connectivity index (χ0) is 21.2. The number of hydrogen-bond acceptors (Lipinski definition) is 6. The van der Waals surface area contributed by atoms with Crippen LogP contribution in [-0.4, -0.2) is 26.3 Å². The molecule has 0 saturated heterocycles. The van der Waals surface area contributed by atoms with Gasteiger partial charge < -0.3 is 14.5 Å². The van der Waals surface area contributed by atoms with E-state index in [-0.39, 0.29) is 0 Å². The largest absolute Gasteiger partial charge is 0.489 e. The van der Waals surface area contributed by atoms with E-state index >= 15 is 0 Å². The van der Waals surface area contributed by atoms with Gasteiger partial charge in [0.05, 0.1) is 23.9 Å². The Labute approximate surface area is 182 Å². The normalized spacial score (nSPS) is 11.1. The third-order valence-corrected chi connectivity index (χ3v) is 5.60. The van der Waals surface area contributed by atoms with Crippen LogP contribution in [0.1, 0.15) is 23.0 Å². The first kappa shape index (κ1) is 19.3. The van der Waals surface area contributed by atoms with Crippen molar-refractivity contribution in [3.63, 3.8) is 0 Å².